The number of carbonyl (C=O) groups is 1. The van der Waals surface area contributed by atoms with Gasteiger partial charge < -0.3 is 9.80 Å². The first-order valence-electron chi connectivity index (χ1n) is 7.31. The number of nitrogens with zero attached hydrogens (tertiary/aromatic N) is 6. The Morgan fingerprint density at radius 3 is 2.82 bits per heavy atom. The SMILES string of the molecule is C[C@@H]1CN(C(=O)Cn2ncn3nccc3c2=O)C[C@@H]1N(C)C. The Bertz CT molecular complexity index is 749. The topological polar surface area (TPSA) is 75.7 Å². The van der Waals surface area contributed by atoms with Crippen LogP contribution < -0.4 is 5.56 Å². The zero-order valence-electron chi connectivity index (χ0n) is 13.0. The monoisotopic (exact) mass is 304 g/mol. The fraction of sp³-hybridized carbons (Fsp3) is 0.571. The van der Waals surface area contributed by atoms with Gasteiger partial charge in [-0.1, -0.05) is 6.92 Å². The standard InChI is InChI=1S/C14H20N6O2/c1-10-6-18(7-12(10)17(2)3)13(21)8-19-14(22)11-4-5-15-20(11)9-16-19/h4-5,9-10,12H,6-8H2,1-3H3/t10-,12+/m1/s1. The second-order valence-electron chi connectivity index (χ2n) is 6.06. The van der Waals surface area contributed by atoms with Crippen LogP contribution in [0.4, 0.5) is 0 Å². The summed E-state index contributed by atoms with van der Waals surface area (Å²) in [5.74, 6) is 0.343. The molecular weight excluding hydrogens is 284 g/mol. The van der Waals surface area contributed by atoms with Gasteiger partial charge in [-0.2, -0.15) is 10.2 Å². The Hall–Kier alpha value is -2.22. The van der Waals surface area contributed by atoms with E-state index in [9.17, 15) is 9.59 Å². The number of amides is 1. The molecule has 0 radical (unpaired) electrons. The van der Waals surface area contributed by atoms with E-state index >= 15 is 0 Å². The average molecular weight is 304 g/mol. The summed E-state index contributed by atoms with van der Waals surface area (Å²) in [4.78, 5) is 28.6. The minimum absolute atomic E-state index is 0.0343. The first kappa shape index (κ1) is 14.7. The van der Waals surface area contributed by atoms with E-state index in [-0.39, 0.29) is 18.0 Å². The summed E-state index contributed by atoms with van der Waals surface area (Å²) in [7, 11) is 4.05. The number of carbonyl (C=O) groups excluding carboxylic acids is 1. The van der Waals surface area contributed by atoms with Gasteiger partial charge in [-0.25, -0.2) is 9.20 Å². The summed E-state index contributed by atoms with van der Waals surface area (Å²) in [6.07, 6.45) is 2.98. The lowest BCUT2D eigenvalue weighted by Crippen LogP contribution is -2.38. The van der Waals surface area contributed by atoms with E-state index in [1.165, 1.54) is 21.7 Å². The van der Waals surface area contributed by atoms with Crippen molar-refractivity contribution in [1.82, 2.24) is 29.2 Å². The molecule has 8 heteroatoms. The van der Waals surface area contributed by atoms with Gasteiger partial charge in [-0.05, 0) is 26.1 Å². The van der Waals surface area contributed by atoms with Crippen LogP contribution in [-0.2, 0) is 11.3 Å². The maximum atomic E-state index is 12.4. The van der Waals surface area contributed by atoms with Crippen LogP contribution in [0, 0.1) is 5.92 Å². The molecule has 1 saturated heterocycles. The lowest BCUT2D eigenvalue weighted by atomic mass is 10.1. The van der Waals surface area contributed by atoms with Gasteiger partial charge in [-0.3, -0.25) is 9.59 Å². The molecule has 3 rings (SSSR count). The Kier molecular flexibility index (Phi) is 3.69. The lowest BCUT2D eigenvalue weighted by molar-refractivity contribution is -0.131. The van der Waals surface area contributed by atoms with Gasteiger partial charge in [0.2, 0.25) is 5.91 Å². The van der Waals surface area contributed by atoms with E-state index in [0.717, 1.165) is 0 Å². The molecule has 0 aromatic carbocycles. The molecule has 0 aliphatic carbocycles. The Labute approximate surface area is 127 Å². The van der Waals surface area contributed by atoms with E-state index in [2.05, 4.69) is 22.0 Å². The number of likely N-dealkylation sites (tertiary alicyclic amines) is 1. The molecule has 1 fully saturated rings. The molecule has 0 unspecified atom stereocenters. The highest BCUT2D eigenvalue weighted by Crippen LogP contribution is 2.20. The van der Waals surface area contributed by atoms with E-state index in [4.69, 9.17) is 0 Å². The first-order valence-corrected chi connectivity index (χ1v) is 7.31. The Morgan fingerprint density at radius 2 is 2.14 bits per heavy atom. The number of rotatable bonds is 3. The molecule has 1 amide bonds. The van der Waals surface area contributed by atoms with Gasteiger partial charge in [0.1, 0.15) is 18.4 Å². The Morgan fingerprint density at radius 1 is 1.36 bits per heavy atom. The van der Waals surface area contributed by atoms with E-state index in [1.54, 1.807) is 6.07 Å². The van der Waals surface area contributed by atoms with Crippen LogP contribution in [0.2, 0.25) is 0 Å². The molecule has 22 heavy (non-hydrogen) atoms. The molecule has 3 heterocycles. The summed E-state index contributed by atoms with van der Waals surface area (Å²) in [5, 5.41) is 7.97. The molecule has 0 saturated carbocycles. The largest absolute Gasteiger partial charge is 0.339 e. The van der Waals surface area contributed by atoms with Crippen LogP contribution in [0.25, 0.3) is 5.52 Å². The predicted octanol–water partition coefficient (Wildman–Crippen LogP) is -0.700. The molecule has 1 aliphatic rings. The molecule has 2 aromatic heterocycles. The van der Waals surface area contributed by atoms with Crippen molar-refractivity contribution < 1.29 is 4.79 Å². The highest BCUT2D eigenvalue weighted by atomic mass is 16.2. The first-order chi connectivity index (χ1) is 10.5. The van der Waals surface area contributed by atoms with Crippen LogP contribution in [0.5, 0.6) is 0 Å². The zero-order chi connectivity index (χ0) is 15.9. The number of aromatic nitrogens is 4. The van der Waals surface area contributed by atoms with Crippen LogP contribution >= 0.6 is 0 Å². The summed E-state index contributed by atoms with van der Waals surface area (Å²) < 4.78 is 2.61. The van der Waals surface area contributed by atoms with Crippen LogP contribution in [0.15, 0.2) is 23.4 Å². The summed E-state index contributed by atoms with van der Waals surface area (Å²) in [6.45, 7) is 3.51. The van der Waals surface area contributed by atoms with Crippen molar-refractivity contribution in [2.24, 2.45) is 5.92 Å². The van der Waals surface area contributed by atoms with Crippen LogP contribution in [0.3, 0.4) is 0 Å². The molecular formula is C14H20N6O2. The van der Waals surface area contributed by atoms with Gasteiger partial charge >= 0.3 is 0 Å². The minimum Gasteiger partial charge on any atom is -0.339 e. The zero-order valence-corrected chi connectivity index (χ0v) is 13.0. The molecule has 0 bridgehead atoms. The second-order valence-corrected chi connectivity index (χ2v) is 6.06. The van der Waals surface area contributed by atoms with Crippen molar-refractivity contribution >= 4 is 11.4 Å². The van der Waals surface area contributed by atoms with Crippen molar-refractivity contribution in [3.05, 3.63) is 28.9 Å². The third kappa shape index (κ3) is 2.50. The molecule has 8 nitrogen and oxygen atoms in total. The molecule has 2 atom stereocenters. The lowest BCUT2D eigenvalue weighted by Gasteiger charge is -2.22. The summed E-state index contributed by atoms with van der Waals surface area (Å²) in [6, 6.07) is 1.97. The van der Waals surface area contributed by atoms with Crippen molar-refractivity contribution in [2.75, 3.05) is 27.2 Å². The van der Waals surface area contributed by atoms with Gasteiger partial charge in [0, 0.05) is 19.1 Å². The number of hydrogen-bond donors (Lipinski definition) is 0. The van der Waals surface area contributed by atoms with Crippen LogP contribution in [0.1, 0.15) is 6.92 Å². The van der Waals surface area contributed by atoms with Gasteiger partial charge in [-0.15, -0.1) is 0 Å². The number of likely N-dealkylation sites (N-methyl/N-ethyl adjacent to an activating group) is 1. The van der Waals surface area contributed by atoms with Gasteiger partial charge in [0.25, 0.3) is 5.56 Å². The fourth-order valence-electron chi connectivity index (χ4n) is 3.04. The summed E-state index contributed by atoms with van der Waals surface area (Å²) in [5.41, 5.74) is 0.119. The van der Waals surface area contributed by atoms with Gasteiger partial charge in [0.15, 0.2) is 0 Å². The minimum atomic E-state index is -0.301. The fourth-order valence-corrected chi connectivity index (χ4v) is 3.04. The Balaban J connectivity index is 1.76. The van der Waals surface area contributed by atoms with E-state index in [1.807, 2.05) is 19.0 Å². The highest BCUT2D eigenvalue weighted by Gasteiger charge is 2.33. The van der Waals surface area contributed by atoms with E-state index < -0.39 is 0 Å². The third-order valence-corrected chi connectivity index (χ3v) is 4.30. The molecule has 0 N–H and O–H groups in total. The maximum absolute atomic E-state index is 12.4. The second kappa shape index (κ2) is 5.53. The molecule has 0 spiro atoms. The predicted molar refractivity (Wildman–Crippen MR) is 80.5 cm³/mol. The molecule has 118 valence electrons. The smallest absolute Gasteiger partial charge is 0.293 e. The van der Waals surface area contributed by atoms with E-state index in [0.29, 0.717) is 30.6 Å². The number of fused-ring (bicyclic) bond motifs is 1. The maximum Gasteiger partial charge on any atom is 0.293 e. The van der Waals surface area contributed by atoms with Crippen molar-refractivity contribution in [3.8, 4) is 0 Å². The number of hydrogen-bond acceptors (Lipinski definition) is 5. The highest BCUT2D eigenvalue weighted by molar-refractivity contribution is 5.76. The molecule has 1 aliphatic heterocycles. The quantitative estimate of drug-likeness (QED) is 0.749. The van der Waals surface area contributed by atoms with Crippen molar-refractivity contribution in [2.45, 2.75) is 19.5 Å². The van der Waals surface area contributed by atoms with Crippen molar-refractivity contribution in [3.63, 3.8) is 0 Å². The van der Waals surface area contributed by atoms with Crippen molar-refractivity contribution in [1.29, 1.82) is 0 Å². The molecule has 2 aromatic rings. The normalized spacial score (nSPS) is 21.9. The van der Waals surface area contributed by atoms with Crippen LogP contribution in [-0.4, -0.2) is 68.3 Å². The van der Waals surface area contributed by atoms with Gasteiger partial charge in [0.05, 0.1) is 6.20 Å². The summed E-state index contributed by atoms with van der Waals surface area (Å²) >= 11 is 0. The third-order valence-electron chi connectivity index (χ3n) is 4.30. The average Bonchev–Trinajstić information content (AvgIpc) is 3.08.